The highest BCUT2D eigenvalue weighted by Gasteiger charge is 2.30. The molecule has 0 saturated carbocycles. The summed E-state index contributed by atoms with van der Waals surface area (Å²) in [6.07, 6.45) is -1.25. The lowest BCUT2D eigenvalue weighted by Crippen LogP contribution is -2.31. The molecule has 1 amide bonds. The molecule has 1 aromatic carbocycles. The Morgan fingerprint density at radius 2 is 1.81 bits per heavy atom. The van der Waals surface area contributed by atoms with Crippen LogP contribution in [0.1, 0.15) is 35.2 Å². The summed E-state index contributed by atoms with van der Waals surface area (Å²) < 4.78 is 37.3. The summed E-state index contributed by atoms with van der Waals surface area (Å²) >= 11 is 0. The van der Waals surface area contributed by atoms with E-state index in [0.29, 0.717) is 12.5 Å². The molecule has 3 nitrogen and oxygen atoms in total. The highest BCUT2D eigenvalue weighted by atomic mass is 19.4. The fourth-order valence-electron chi connectivity index (χ4n) is 2.47. The van der Waals surface area contributed by atoms with Gasteiger partial charge in [-0.25, -0.2) is 0 Å². The first-order chi connectivity index (χ1) is 9.97. The third-order valence-electron chi connectivity index (χ3n) is 3.77. The molecule has 0 unspecified atom stereocenters. The molecule has 0 spiro atoms. The Hall–Kier alpha value is -1.56. The van der Waals surface area contributed by atoms with Gasteiger partial charge in [0, 0.05) is 12.1 Å². The predicted molar refractivity (Wildman–Crippen MR) is 74.0 cm³/mol. The van der Waals surface area contributed by atoms with E-state index in [1.165, 1.54) is 12.1 Å². The summed E-state index contributed by atoms with van der Waals surface area (Å²) in [7, 11) is 0. The van der Waals surface area contributed by atoms with Crippen LogP contribution in [0.5, 0.6) is 0 Å². The zero-order valence-electron chi connectivity index (χ0n) is 11.7. The third kappa shape index (κ3) is 4.74. The summed E-state index contributed by atoms with van der Waals surface area (Å²) in [6, 6.07) is 4.29. The van der Waals surface area contributed by atoms with E-state index in [9.17, 15) is 18.0 Å². The van der Waals surface area contributed by atoms with Gasteiger partial charge in [-0.15, -0.1) is 0 Å². The topological polar surface area (TPSA) is 41.1 Å². The van der Waals surface area contributed by atoms with Crippen LogP contribution in [0.4, 0.5) is 13.2 Å². The molecule has 0 bridgehead atoms. The van der Waals surface area contributed by atoms with Crippen molar-refractivity contribution in [3.05, 3.63) is 35.4 Å². The number of carbonyl (C=O) groups excluding carboxylic acids is 1. The van der Waals surface area contributed by atoms with E-state index in [1.54, 1.807) is 0 Å². The zero-order chi connectivity index (χ0) is 15.3. The van der Waals surface area contributed by atoms with Crippen molar-refractivity contribution >= 4 is 5.91 Å². The summed E-state index contributed by atoms with van der Waals surface area (Å²) in [5, 5.41) is 6.04. The second-order valence-electron chi connectivity index (χ2n) is 5.31. The van der Waals surface area contributed by atoms with Gasteiger partial charge in [0.2, 0.25) is 0 Å². The van der Waals surface area contributed by atoms with Crippen molar-refractivity contribution in [2.24, 2.45) is 5.92 Å². The Labute approximate surface area is 121 Å². The SMILES string of the molecule is O=C(NCCC1CCNCC1)c1ccc(C(F)(F)F)cc1. The van der Waals surface area contributed by atoms with E-state index in [0.717, 1.165) is 44.5 Å². The monoisotopic (exact) mass is 300 g/mol. The van der Waals surface area contributed by atoms with Gasteiger partial charge in [0.05, 0.1) is 5.56 Å². The fourth-order valence-corrected chi connectivity index (χ4v) is 2.47. The molecule has 1 heterocycles. The minimum atomic E-state index is -4.37. The van der Waals surface area contributed by atoms with E-state index in [1.807, 2.05) is 0 Å². The molecule has 2 rings (SSSR count). The maximum atomic E-state index is 12.4. The molecule has 1 aliphatic heterocycles. The number of carbonyl (C=O) groups is 1. The number of hydrogen-bond donors (Lipinski definition) is 2. The molecular formula is C15H19F3N2O. The standard InChI is InChI=1S/C15H19F3N2O/c16-15(17,18)13-3-1-12(2-4-13)14(21)20-10-7-11-5-8-19-9-6-11/h1-4,11,19H,5-10H2,(H,20,21). The second-order valence-corrected chi connectivity index (χ2v) is 5.31. The normalized spacial score (nSPS) is 16.7. The molecule has 0 atom stereocenters. The highest BCUT2D eigenvalue weighted by molar-refractivity contribution is 5.94. The van der Waals surface area contributed by atoms with Crippen LogP contribution in [0, 0.1) is 5.92 Å². The molecule has 0 radical (unpaired) electrons. The molecule has 1 fully saturated rings. The number of halogens is 3. The van der Waals surface area contributed by atoms with Crippen molar-refractivity contribution in [2.45, 2.75) is 25.4 Å². The highest BCUT2D eigenvalue weighted by Crippen LogP contribution is 2.29. The number of rotatable bonds is 4. The number of hydrogen-bond acceptors (Lipinski definition) is 2. The molecule has 1 aliphatic rings. The van der Waals surface area contributed by atoms with Crippen molar-refractivity contribution < 1.29 is 18.0 Å². The van der Waals surface area contributed by atoms with Crippen LogP contribution in [-0.4, -0.2) is 25.5 Å². The molecular weight excluding hydrogens is 281 g/mol. The van der Waals surface area contributed by atoms with Crippen molar-refractivity contribution in [2.75, 3.05) is 19.6 Å². The smallest absolute Gasteiger partial charge is 0.352 e. The van der Waals surface area contributed by atoms with Crippen LogP contribution in [0.25, 0.3) is 0 Å². The van der Waals surface area contributed by atoms with Crippen molar-refractivity contribution in [1.82, 2.24) is 10.6 Å². The largest absolute Gasteiger partial charge is 0.416 e. The fraction of sp³-hybridized carbons (Fsp3) is 0.533. The Balaban J connectivity index is 1.80. The number of alkyl halides is 3. The molecule has 6 heteroatoms. The van der Waals surface area contributed by atoms with E-state index in [-0.39, 0.29) is 11.5 Å². The first kappa shape index (κ1) is 15.8. The van der Waals surface area contributed by atoms with Gasteiger partial charge in [0.1, 0.15) is 0 Å². The Morgan fingerprint density at radius 1 is 1.19 bits per heavy atom. The van der Waals surface area contributed by atoms with E-state index < -0.39 is 11.7 Å². The van der Waals surface area contributed by atoms with Gasteiger partial charge >= 0.3 is 6.18 Å². The Bertz CT molecular complexity index is 465. The van der Waals surface area contributed by atoms with Crippen LogP contribution in [0.2, 0.25) is 0 Å². The van der Waals surface area contributed by atoms with Gasteiger partial charge < -0.3 is 10.6 Å². The average molecular weight is 300 g/mol. The second kappa shape index (κ2) is 6.93. The van der Waals surface area contributed by atoms with E-state index in [4.69, 9.17) is 0 Å². The van der Waals surface area contributed by atoms with Gasteiger partial charge in [-0.05, 0) is 62.5 Å². The molecule has 0 aliphatic carbocycles. The summed E-state index contributed by atoms with van der Waals surface area (Å²) in [5.41, 5.74) is -0.484. The lowest BCUT2D eigenvalue weighted by atomic mass is 9.95. The molecule has 1 aromatic rings. The van der Waals surface area contributed by atoms with Crippen molar-refractivity contribution in [1.29, 1.82) is 0 Å². The van der Waals surface area contributed by atoms with Crippen LogP contribution in [0.3, 0.4) is 0 Å². The first-order valence-electron chi connectivity index (χ1n) is 7.13. The first-order valence-corrected chi connectivity index (χ1v) is 7.13. The average Bonchev–Trinajstić information content (AvgIpc) is 2.47. The minimum Gasteiger partial charge on any atom is -0.352 e. The van der Waals surface area contributed by atoms with Crippen LogP contribution < -0.4 is 10.6 Å². The quantitative estimate of drug-likeness (QED) is 0.898. The number of amides is 1. The van der Waals surface area contributed by atoms with Crippen LogP contribution in [0.15, 0.2) is 24.3 Å². The number of benzene rings is 1. The van der Waals surface area contributed by atoms with Crippen LogP contribution >= 0.6 is 0 Å². The molecule has 116 valence electrons. The predicted octanol–water partition coefficient (Wildman–Crippen LogP) is 2.82. The summed E-state index contributed by atoms with van der Waals surface area (Å²) in [5.74, 6) is 0.289. The maximum absolute atomic E-state index is 12.4. The van der Waals surface area contributed by atoms with Gasteiger partial charge in [-0.2, -0.15) is 13.2 Å². The number of piperidine rings is 1. The molecule has 0 aromatic heterocycles. The lowest BCUT2D eigenvalue weighted by molar-refractivity contribution is -0.137. The molecule has 21 heavy (non-hydrogen) atoms. The Morgan fingerprint density at radius 3 is 2.38 bits per heavy atom. The van der Waals surface area contributed by atoms with Gasteiger partial charge in [-0.1, -0.05) is 0 Å². The summed E-state index contributed by atoms with van der Waals surface area (Å²) in [4.78, 5) is 11.8. The maximum Gasteiger partial charge on any atom is 0.416 e. The minimum absolute atomic E-state index is 0.258. The third-order valence-corrected chi connectivity index (χ3v) is 3.77. The molecule has 2 N–H and O–H groups in total. The Kier molecular flexibility index (Phi) is 5.22. The van der Waals surface area contributed by atoms with Crippen LogP contribution in [-0.2, 0) is 6.18 Å². The van der Waals surface area contributed by atoms with Crippen molar-refractivity contribution in [3.63, 3.8) is 0 Å². The zero-order valence-corrected chi connectivity index (χ0v) is 11.7. The van der Waals surface area contributed by atoms with Gasteiger partial charge in [-0.3, -0.25) is 4.79 Å². The van der Waals surface area contributed by atoms with E-state index in [2.05, 4.69) is 10.6 Å². The number of nitrogens with one attached hydrogen (secondary N) is 2. The van der Waals surface area contributed by atoms with Gasteiger partial charge in [0.15, 0.2) is 0 Å². The lowest BCUT2D eigenvalue weighted by Gasteiger charge is -2.22. The van der Waals surface area contributed by atoms with Gasteiger partial charge in [0.25, 0.3) is 5.91 Å². The molecule has 1 saturated heterocycles. The summed E-state index contributed by atoms with van der Waals surface area (Å²) in [6.45, 7) is 2.58. The van der Waals surface area contributed by atoms with E-state index >= 15 is 0 Å². The van der Waals surface area contributed by atoms with Crippen molar-refractivity contribution in [3.8, 4) is 0 Å².